The molecular formula is C4H9N2NaO2. The summed E-state index contributed by atoms with van der Waals surface area (Å²) < 4.78 is 0. The van der Waals surface area contributed by atoms with Gasteiger partial charge in [-0.05, 0) is 5.03 Å². The summed E-state index contributed by atoms with van der Waals surface area (Å²) in [4.78, 5) is 9.54. The summed E-state index contributed by atoms with van der Waals surface area (Å²) in [5, 5.41) is 8.89. The van der Waals surface area contributed by atoms with E-state index in [1.807, 2.05) is 13.8 Å². The van der Waals surface area contributed by atoms with Crippen LogP contribution in [0.3, 0.4) is 0 Å². The molecule has 5 heteroatoms. The van der Waals surface area contributed by atoms with E-state index in [9.17, 15) is 10.1 Å². The minimum absolute atomic E-state index is 0. The summed E-state index contributed by atoms with van der Waals surface area (Å²) >= 11 is 0. The predicted octanol–water partition coefficient (Wildman–Crippen LogP) is -1.79. The molecule has 0 aliphatic heterocycles. The van der Waals surface area contributed by atoms with E-state index >= 15 is 0 Å². The molecule has 0 saturated heterocycles. The monoisotopic (exact) mass is 140 g/mol. The first-order chi connectivity index (χ1) is 3.63. The Morgan fingerprint density at radius 2 is 2.11 bits per heavy atom. The van der Waals surface area contributed by atoms with E-state index in [1.165, 1.54) is 0 Å². The van der Waals surface area contributed by atoms with Crippen molar-refractivity contribution in [3.8, 4) is 0 Å². The van der Waals surface area contributed by atoms with E-state index in [1.54, 1.807) is 0 Å². The molecule has 0 rings (SSSR count). The van der Waals surface area contributed by atoms with Crippen molar-refractivity contribution in [3.63, 3.8) is 0 Å². The molecular weight excluding hydrogens is 131 g/mol. The van der Waals surface area contributed by atoms with Gasteiger partial charge in [0.1, 0.15) is 0 Å². The average Bonchev–Trinajstić information content (AvgIpc) is 1.61. The van der Waals surface area contributed by atoms with Gasteiger partial charge in [0.15, 0.2) is 0 Å². The van der Waals surface area contributed by atoms with Gasteiger partial charge in [-0.25, -0.2) is 0 Å². The summed E-state index contributed by atoms with van der Waals surface area (Å²) in [5.41, 5.74) is 3.05. The summed E-state index contributed by atoms with van der Waals surface area (Å²) in [6.07, 6.45) is 0. The molecule has 0 aromatic carbocycles. The second kappa shape index (κ2) is 6.32. The quantitative estimate of drug-likeness (QED) is 0.264. The Balaban J connectivity index is 0. The van der Waals surface area contributed by atoms with Gasteiger partial charge in [-0.2, -0.15) is 0 Å². The van der Waals surface area contributed by atoms with Crippen molar-refractivity contribution >= 4 is 0 Å². The van der Waals surface area contributed by atoms with Gasteiger partial charge in [0.2, 0.25) is 0 Å². The summed E-state index contributed by atoms with van der Waals surface area (Å²) in [6, 6.07) is 0. The molecule has 0 spiro atoms. The van der Waals surface area contributed by atoms with E-state index in [4.69, 9.17) is 0 Å². The molecule has 9 heavy (non-hydrogen) atoms. The number of nitrogens with zero attached hydrogens (tertiary/aromatic N) is 2. The maximum absolute atomic E-state index is 9.54. The van der Waals surface area contributed by atoms with Crippen molar-refractivity contribution in [2.45, 2.75) is 13.8 Å². The zero-order valence-corrected chi connectivity index (χ0v) is 8.00. The third-order valence-electron chi connectivity index (χ3n) is 0.562. The van der Waals surface area contributed by atoms with Crippen molar-refractivity contribution < 1.29 is 34.6 Å². The van der Waals surface area contributed by atoms with E-state index in [-0.39, 0.29) is 35.5 Å². The van der Waals surface area contributed by atoms with E-state index in [0.29, 0.717) is 6.54 Å². The predicted molar refractivity (Wildman–Crippen MR) is 30.1 cm³/mol. The maximum atomic E-state index is 9.54. The second-order valence-electron chi connectivity index (χ2n) is 1.96. The molecule has 0 radical (unpaired) electrons. The number of nitro groups is 1. The van der Waals surface area contributed by atoms with Gasteiger partial charge in [-0.3, -0.25) is 10.1 Å². The van der Waals surface area contributed by atoms with Crippen LogP contribution in [-0.2, 0) is 0 Å². The molecule has 48 valence electrons. The first-order valence-corrected chi connectivity index (χ1v) is 2.44. The molecule has 0 heterocycles. The van der Waals surface area contributed by atoms with E-state index in [2.05, 4.69) is 5.43 Å². The fourth-order valence-electron chi connectivity index (χ4n) is 0.230. The minimum atomic E-state index is -0.653. The first kappa shape index (κ1) is 11.9. The van der Waals surface area contributed by atoms with Crippen LogP contribution >= 0.6 is 0 Å². The third kappa shape index (κ3) is 11.7. The standard InChI is InChI=1S/C4H9N2O2.Na/c1-4(2)3-5-6(7)8;/h4H,3H2,1-2H3;/q-1;+1. The average molecular weight is 140 g/mol. The Hall–Kier alpha value is 0.200. The smallest absolute Gasteiger partial charge is 0.379 e. The first-order valence-electron chi connectivity index (χ1n) is 2.44. The molecule has 0 unspecified atom stereocenters. The van der Waals surface area contributed by atoms with Crippen LogP contribution < -0.4 is 29.6 Å². The molecule has 0 bridgehead atoms. The Labute approximate surface area is 76.4 Å². The molecule has 0 amide bonds. The van der Waals surface area contributed by atoms with Gasteiger partial charge in [-0.1, -0.05) is 26.3 Å². The van der Waals surface area contributed by atoms with Gasteiger partial charge in [0, 0.05) is 0 Å². The molecule has 0 aliphatic carbocycles. The topological polar surface area (TPSA) is 57.2 Å². The fraction of sp³-hybridized carbons (Fsp3) is 1.00. The van der Waals surface area contributed by atoms with Crippen molar-refractivity contribution in [3.05, 3.63) is 15.5 Å². The summed E-state index contributed by atoms with van der Waals surface area (Å²) in [5.74, 6) is 0.278. The molecule has 0 atom stereocenters. The Morgan fingerprint density at radius 1 is 1.67 bits per heavy atom. The van der Waals surface area contributed by atoms with Crippen LogP contribution in [-0.4, -0.2) is 11.6 Å². The second-order valence-corrected chi connectivity index (χ2v) is 1.96. The SMILES string of the molecule is CC(C)C[N-][N+](=O)[O-].[Na+]. The van der Waals surface area contributed by atoms with Crippen LogP contribution in [0.5, 0.6) is 0 Å². The van der Waals surface area contributed by atoms with Crippen LogP contribution in [0.4, 0.5) is 0 Å². The van der Waals surface area contributed by atoms with E-state index < -0.39 is 5.03 Å². The van der Waals surface area contributed by atoms with E-state index in [0.717, 1.165) is 0 Å². The minimum Gasteiger partial charge on any atom is -0.379 e. The fourth-order valence-corrected chi connectivity index (χ4v) is 0.230. The zero-order valence-electron chi connectivity index (χ0n) is 6.00. The number of rotatable bonds is 3. The van der Waals surface area contributed by atoms with Crippen molar-refractivity contribution in [1.82, 2.24) is 0 Å². The summed E-state index contributed by atoms with van der Waals surface area (Å²) in [6.45, 7) is 4.08. The Kier molecular flexibility index (Phi) is 8.38. The molecule has 0 N–H and O–H groups in total. The van der Waals surface area contributed by atoms with Crippen LogP contribution in [0, 0.1) is 16.0 Å². The Bertz CT molecular complexity index is 86.6. The Morgan fingerprint density at radius 3 is 2.22 bits per heavy atom. The van der Waals surface area contributed by atoms with Crippen LogP contribution in [0.2, 0.25) is 0 Å². The summed E-state index contributed by atoms with van der Waals surface area (Å²) in [7, 11) is 0. The molecule has 4 nitrogen and oxygen atoms in total. The van der Waals surface area contributed by atoms with Gasteiger partial charge >= 0.3 is 29.6 Å². The van der Waals surface area contributed by atoms with Crippen LogP contribution in [0.1, 0.15) is 13.8 Å². The molecule has 0 fully saturated rings. The van der Waals surface area contributed by atoms with Gasteiger partial charge in [0.05, 0.1) is 0 Å². The normalized spacial score (nSPS) is 8.33. The van der Waals surface area contributed by atoms with Gasteiger partial charge < -0.3 is 5.43 Å². The number of hydrogen-bond donors (Lipinski definition) is 0. The molecule has 0 aliphatic rings. The van der Waals surface area contributed by atoms with Crippen molar-refractivity contribution in [2.24, 2.45) is 5.92 Å². The zero-order chi connectivity index (χ0) is 6.57. The van der Waals surface area contributed by atoms with Gasteiger partial charge in [0.25, 0.3) is 0 Å². The molecule has 0 saturated carbocycles. The third-order valence-corrected chi connectivity index (χ3v) is 0.562. The maximum Gasteiger partial charge on any atom is 1.00 e. The van der Waals surface area contributed by atoms with Crippen molar-refractivity contribution in [1.29, 1.82) is 0 Å². The molecule has 0 aromatic heterocycles. The van der Waals surface area contributed by atoms with Crippen molar-refractivity contribution in [2.75, 3.05) is 6.54 Å². The van der Waals surface area contributed by atoms with Crippen LogP contribution in [0.15, 0.2) is 0 Å². The van der Waals surface area contributed by atoms with Gasteiger partial charge in [-0.15, -0.1) is 0 Å². The molecule has 0 aromatic rings. The van der Waals surface area contributed by atoms with Crippen LogP contribution in [0.25, 0.3) is 5.43 Å². The number of hydrogen-bond acceptors (Lipinski definition) is 2. The largest absolute Gasteiger partial charge is 1.00 e.